The standard InChI is InChI=1S/C22H39ClO2Si/c1-4-5-6-7-8-9-10-11-12-13-14-15-19-24-26(2,3)25-22-18-16-17-21(23)20-22/h16-18,20H,4-15,19H2,1-3H3. The van der Waals surface area contributed by atoms with Gasteiger partial charge in [0.1, 0.15) is 5.75 Å². The topological polar surface area (TPSA) is 18.5 Å². The number of hydrogen-bond acceptors (Lipinski definition) is 2. The highest BCUT2D eigenvalue weighted by atomic mass is 35.5. The zero-order valence-electron chi connectivity index (χ0n) is 17.2. The minimum atomic E-state index is -2.13. The predicted molar refractivity (Wildman–Crippen MR) is 117 cm³/mol. The summed E-state index contributed by atoms with van der Waals surface area (Å²) in [6, 6.07) is 7.56. The van der Waals surface area contributed by atoms with Crippen molar-refractivity contribution in [2.75, 3.05) is 6.61 Å². The molecule has 0 radical (unpaired) electrons. The van der Waals surface area contributed by atoms with Crippen LogP contribution in [0.1, 0.15) is 84.0 Å². The van der Waals surface area contributed by atoms with E-state index < -0.39 is 8.56 Å². The van der Waals surface area contributed by atoms with E-state index in [0.717, 1.165) is 18.8 Å². The molecule has 0 bridgehead atoms. The molecule has 26 heavy (non-hydrogen) atoms. The SMILES string of the molecule is CCCCCCCCCCCCCCO[Si](C)(C)Oc1cccc(Cl)c1. The molecule has 0 atom stereocenters. The Morgan fingerprint density at radius 2 is 1.35 bits per heavy atom. The maximum absolute atomic E-state index is 6.04. The van der Waals surface area contributed by atoms with Crippen LogP contribution in [0.3, 0.4) is 0 Å². The van der Waals surface area contributed by atoms with Gasteiger partial charge in [-0.15, -0.1) is 0 Å². The third kappa shape index (κ3) is 12.8. The van der Waals surface area contributed by atoms with Gasteiger partial charge >= 0.3 is 8.56 Å². The van der Waals surface area contributed by atoms with Gasteiger partial charge in [-0.05, 0) is 37.7 Å². The lowest BCUT2D eigenvalue weighted by Crippen LogP contribution is -2.38. The van der Waals surface area contributed by atoms with Crippen molar-refractivity contribution in [2.24, 2.45) is 0 Å². The summed E-state index contributed by atoms with van der Waals surface area (Å²) in [5.74, 6) is 0.809. The molecule has 0 amide bonds. The molecule has 0 aromatic heterocycles. The zero-order valence-corrected chi connectivity index (χ0v) is 19.0. The van der Waals surface area contributed by atoms with Gasteiger partial charge in [-0.25, -0.2) is 0 Å². The van der Waals surface area contributed by atoms with Crippen molar-refractivity contribution in [2.45, 2.75) is 97.1 Å². The van der Waals surface area contributed by atoms with Gasteiger partial charge in [0, 0.05) is 11.6 Å². The van der Waals surface area contributed by atoms with Gasteiger partial charge < -0.3 is 8.85 Å². The predicted octanol–water partition coefficient (Wildman–Crippen LogP) is 8.14. The highest BCUT2D eigenvalue weighted by molar-refractivity contribution is 6.65. The molecule has 1 aromatic carbocycles. The van der Waals surface area contributed by atoms with Crippen molar-refractivity contribution >= 4 is 20.2 Å². The quantitative estimate of drug-likeness (QED) is 0.206. The molecular weight excluding hydrogens is 360 g/mol. The Bertz CT molecular complexity index is 465. The minimum Gasteiger partial charge on any atom is -0.520 e. The molecule has 0 saturated carbocycles. The average Bonchev–Trinajstić information content (AvgIpc) is 2.58. The number of hydrogen-bond donors (Lipinski definition) is 0. The van der Waals surface area contributed by atoms with E-state index in [-0.39, 0.29) is 0 Å². The summed E-state index contributed by atoms with van der Waals surface area (Å²) in [5.41, 5.74) is 0. The zero-order chi connectivity index (χ0) is 19.1. The van der Waals surface area contributed by atoms with Crippen LogP contribution in [-0.2, 0) is 4.43 Å². The maximum Gasteiger partial charge on any atom is 0.392 e. The largest absolute Gasteiger partial charge is 0.520 e. The van der Waals surface area contributed by atoms with E-state index in [1.54, 1.807) is 0 Å². The lowest BCUT2D eigenvalue weighted by atomic mass is 10.1. The molecule has 0 heterocycles. The summed E-state index contributed by atoms with van der Waals surface area (Å²) in [4.78, 5) is 0. The Balaban J connectivity index is 1.94. The van der Waals surface area contributed by atoms with Crippen LogP contribution in [0, 0.1) is 0 Å². The van der Waals surface area contributed by atoms with Crippen LogP contribution < -0.4 is 4.43 Å². The van der Waals surface area contributed by atoms with E-state index >= 15 is 0 Å². The molecule has 0 fully saturated rings. The normalized spacial score (nSPS) is 11.7. The molecular formula is C22H39ClO2Si. The molecule has 0 aliphatic carbocycles. The Morgan fingerprint density at radius 1 is 0.808 bits per heavy atom. The first-order chi connectivity index (χ1) is 12.5. The van der Waals surface area contributed by atoms with Crippen molar-refractivity contribution in [3.63, 3.8) is 0 Å². The molecule has 0 aliphatic rings. The summed E-state index contributed by atoms with van der Waals surface area (Å²) in [7, 11) is -2.13. The van der Waals surface area contributed by atoms with E-state index in [1.807, 2.05) is 24.3 Å². The van der Waals surface area contributed by atoms with E-state index in [1.165, 1.54) is 70.6 Å². The molecule has 0 aliphatic heterocycles. The molecule has 0 unspecified atom stereocenters. The van der Waals surface area contributed by atoms with Crippen molar-refractivity contribution in [3.05, 3.63) is 29.3 Å². The number of unbranched alkanes of at least 4 members (excludes halogenated alkanes) is 11. The van der Waals surface area contributed by atoms with Gasteiger partial charge in [0.25, 0.3) is 0 Å². The average molecular weight is 399 g/mol. The van der Waals surface area contributed by atoms with Gasteiger partial charge in [0.05, 0.1) is 0 Å². The highest BCUT2D eigenvalue weighted by Crippen LogP contribution is 2.21. The summed E-state index contributed by atoms with van der Waals surface area (Å²) < 4.78 is 12.1. The van der Waals surface area contributed by atoms with Gasteiger partial charge in [0.2, 0.25) is 0 Å². The Morgan fingerprint density at radius 3 is 1.88 bits per heavy atom. The monoisotopic (exact) mass is 398 g/mol. The summed E-state index contributed by atoms with van der Waals surface area (Å²) in [6.45, 7) is 7.26. The van der Waals surface area contributed by atoms with Crippen LogP contribution in [0.5, 0.6) is 5.75 Å². The Labute approximate surface area is 167 Å². The first kappa shape index (κ1) is 23.5. The Hall–Kier alpha value is -0.513. The fourth-order valence-corrected chi connectivity index (χ4v) is 4.67. The van der Waals surface area contributed by atoms with Crippen molar-refractivity contribution in [1.82, 2.24) is 0 Å². The second-order valence-electron chi connectivity index (χ2n) is 7.70. The third-order valence-electron chi connectivity index (χ3n) is 4.61. The van der Waals surface area contributed by atoms with E-state index in [0.29, 0.717) is 5.02 Å². The smallest absolute Gasteiger partial charge is 0.392 e. The number of rotatable bonds is 16. The van der Waals surface area contributed by atoms with Crippen LogP contribution in [0.4, 0.5) is 0 Å². The number of halogens is 1. The molecule has 0 N–H and O–H groups in total. The highest BCUT2D eigenvalue weighted by Gasteiger charge is 2.26. The van der Waals surface area contributed by atoms with Crippen molar-refractivity contribution in [1.29, 1.82) is 0 Å². The van der Waals surface area contributed by atoms with E-state index in [2.05, 4.69) is 20.0 Å². The Kier molecular flexibility index (Phi) is 13.2. The first-order valence-corrected chi connectivity index (χ1v) is 13.8. The van der Waals surface area contributed by atoms with Crippen molar-refractivity contribution in [3.8, 4) is 5.75 Å². The van der Waals surface area contributed by atoms with Crippen LogP contribution in [0.2, 0.25) is 18.1 Å². The summed E-state index contributed by atoms with van der Waals surface area (Å²) in [5, 5.41) is 0.702. The third-order valence-corrected chi connectivity index (χ3v) is 6.47. The fraction of sp³-hybridized carbons (Fsp3) is 0.727. The second-order valence-corrected chi connectivity index (χ2v) is 11.4. The maximum atomic E-state index is 6.04. The van der Waals surface area contributed by atoms with Gasteiger partial charge in [-0.1, -0.05) is 95.2 Å². The minimum absolute atomic E-state index is 0.702. The molecule has 2 nitrogen and oxygen atoms in total. The molecule has 150 valence electrons. The lowest BCUT2D eigenvalue weighted by Gasteiger charge is -2.24. The van der Waals surface area contributed by atoms with E-state index in [9.17, 15) is 0 Å². The first-order valence-electron chi connectivity index (χ1n) is 10.6. The van der Waals surface area contributed by atoms with Crippen LogP contribution in [-0.4, -0.2) is 15.2 Å². The molecule has 4 heteroatoms. The van der Waals surface area contributed by atoms with Crippen LogP contribution in [0.25, 0.3) is 0 Å². The molecule has 1 aromatic rings. The number of benzene rings is 1. The molecule has 0 spiro atoms. The molecule has 0 saturated heterocycles. The summed E-state index contributed by atoms with van der Waals surface area (Å²) in [6.07, 6.45) is 16.4. The van der Waals surface area contributed by atoms with Gasteiger partial charge in [-0.3, -0.25) is 0 Å². The van der Waals surface area contributed by atoms with Crippen LogP contribution >= 0.6 is 11.6 Å². The van der Waals surface area contributed by atoms with Crippen molar-refractivity contribution < 1.29 is 8.85 Å². The molecule has 1 rings (SSSR count). The van der Waals surface area contributed by atoms with Crippen LogP contribution in [0.15, 0.2) is 24.3 Å². The van der Waals surface area contributed by atoms with Gasteiger partial charge in [0.15, 0.2) is 0 Å². The lowest BCUT2D eigenvalue weighted by molar-refractivity contribution is 0.240. The summed E-state index contributed by atoms with van der Waals surface area (Å²) >= 11 is 6.00. The fourth-order valence-electron chi connectivity index (χ4n) is 3.10. The van der Waals surface area contributed by atoms with Gasteiger partial charge in [-0.2, -0.15) is 0 Å². The second kappa shape index (κ2) is 14.5. The van der Waals surface area contributed by atoms with E-state index in [4.69, 9.17) is 20.5 Å².